The summed E-state index contributed by atoms with van der Waals surface area (Å²) in [6, 6.07) is -0.312. The van der Waals surface area contributed by atoms with Crippen LogP contribution in [0.25, 0.3) is 0 Å². The number of amides is 1. The van der Waals surface area contributed by atoms with Gasteiger partial charge < -0.3 is 10.6 Å². The van der Waals surface area contributed by atoms with Crippen LogP contribution in [0.2, 0.25) is 0 Å². The van der Waals surface area contributed by atoms with Crippen LogP contribution in [0.15, 0.2) is 0 Å². The number of nitrogens with two attached hydrogens (primary N) is 1. The van der Waals surface area contributed by atoms with Gasteiger partial charge in [-0.1, -0.05) is 26.7 Å². The highest BCUT2D eigenvalue weighted by atomic mass is 32.2. The molecule has 5 nitrogen and oxygen atoms in total. The van der Waals surface area contributed by atoms with Gasteiger partial charge in [-0.05, 0) is 18.3 Å². The van der Waals surface area contributed by atoms with Gasteiger partial charge in [0, 0.05) is 12.6 Å². The Balaban J connectivity index is 2.89. The normalized spacial score (nSPS) is 22.5. The van der Waals surface area contributed by atoms with Crippen LogP contribution in [0.4, 0.5) is 0 Å². The van der Waals surface area contributed by atoms with E-state index < -0.39 is 9.84 Å². The Morgan fingerprint density at radius 1 is 1.48 bits per heavy atom. The second-order valence-corrected chi connectivity index (χ2v) is 9.15. The monoisotopic (exact) mass is 314 g/mol. The van der Waals surface area contributed by atoms with Gasteiger partial charge in [0.25, 0.3) is 0 Å². The van der Waals surface area contributed by atoms with Gasteiger partial charge in [0.1, 0.15) is 0 Å². The van der Waals surface area contributed by atoms with Crippen molar-refractivity contribution >= 4 is 15.7 Å². The van der Waals surface area contributed by atoms with Gasteiger partial charge in [-0.3, -0.25) is 4.79 Å². The number of sulfone groups is 1. The molecule has 6 heteroatoms. The Morgan fingerprint density at radius 2 is 2.10 bits per heavy atom. The molecule has 0 aromatic rings. The van der Waals surface area contributed by atoms with Crippen LogP contribution in [0.1, 0.15) is 33.6 Å². The zero-order valence-corrected chi connectivity index (χ0v) is 13.9. The van der Waals surface area contributed by atoms with Gasteiger partial charge in [0.2, 0.25) is 5.91 Å². The number of nitrogens with zero attached hydrogens (tertiary/aromatic N) is 1. The van der Waals surface area contributed by atoms with E-state index in [0.29, 0.717) is 12.8 Å². The molecule has 1 aliphatic rings. The van der Waals surface area contributed by atoms with Crippen LogP contribution in [-0.2, 0) is 14.6 Å². The van der Waals surface area contributed by atoms with E-state index in [2.05, 4.69) is 26.7 Å². The van der Waals surface area contributed by atoms with Gasteiger partial charge in [0.05, 0.1) is 24.0 Å². The average molecular weight is 314 g/mol. The predicted octanol–water partition coefficient (Wildman–Crippen LogP) is 0.646. The Kier molecular flexibility index (Phi) is 5.83. The van der Waals surface area contributed by atoms with Crippen molar-refractivity contribution in [3.8, 4) is 12.3 Å². The van der Waals surface area contributed by atoms with Gasteiger partial charge in [-0.2, -0.15) is 0 Å². The number of hydrogen-bond donors (Lipinski definition) is 1. The van der Waals surface area contributed by atoms with Crippen LogP contribution >= 0.6 is 0 Å². The average Bonchev–Trinajstić information content (AvgIpc) is 2.71. The summed E-state index contributed by atoms with van der Waals surface area (Å²) in [5.74, 6) is 2.16. The maximum Gasteiger partial charge on any atom is 0.228 e. The first-order valence-electron chi connectivity index (χ1n) is 7.24. The molecule has 0 aliphatic carbocycles. The lowest BCUT2D eigenvalue weighted by molar-refractivity contribution is -0.137. The van der Waals surface area contributed by atoms with E-state index in [1.807, 2.05) is 0 Å². The van der Waals surface area contributed by atoms with E-state index in [-0.39, 0.29) is 47.9 Å². The Morgan fingerprint density at radius 3 is 2.48 bits per heavy atom. The fraction of sp³-hybridized carbons (Fsp3) is 0.800. The summed E-state index contributed by atoms with van der Waals surface area (Å²) in [5.41, 5.74) is 5.72. The summed E-state index contributed by atoms with van der Waals surface area (Å²) in [6.45, 7) is 6.54. The molecule has 0 aromatic carbocycles. The second kappa shape index (κ2) is 6.80. The lowest BCUT2D eigenvalue weighted by Crippen LogP contribution is -2.47. The summed E-state index contributed by atoms with van der Waals surface area (Å²) in [4.78, 5) is 14.2. The lowest BCUT2D eigenvalue weighted by Gasteiger charge is -2.32. The van der Waals surface area contributed by atoms with E-state index in [1.165, 1.54) is 4.90 Å². The van der Waals surface area contributed by atoms with E-state index in [9.17, 15) is 13.2 Å². The van der Waals surface area contributed by atoms with Gasteiger partial charge >= 0.3 is 0 Å². The largest absolute Gasteiger partial charge is 0.330 e. The van der Waals surface area contributed by atoms with Gasteiger partial charge in [-0.25, -0.2) is 8.42 Å². The van der Waals surface area contributed by atoms with Crippen LogP contribution in [0, 0.1) is 23.7 Å². The Labute approximate surface area is 128 Å². The first kappa shape index (κ1) is 18.0. The van der Waals surface area contributed by atoms with Crippen molar-refractivity contribution in [2.24, 2.45) is 17.1 Å². The molecule has 0 spiro atoms. The molecule has 0 bridgehead atoms. The minimum absolute atomic E-state index is 0.00717. The highest BCUT2D eigenvalue weighted by Gasteiger charge is 2.37. The number of carbonyl (C=O) groups excluding carboxylic acids is 1. The molecule has 1 rings (SSSR count). The molecule has 21 heavy (non-hydrogen) atoms. The summed E-state index contributed by atoms with van der Waals surface area (Å²) < 4.78 is 23.3. The van der Waals surface area contributed by atoms with Crippen LogP contribution in [-0.4, -0.2) is 49.9 Å². The Hall–Kier alpha value is -1.06. The van der Waals surface area contributed by atoms with E-state index in [4.69, 9.17) is 12.2 Å². The zero-order valence-electron chi connectivity index (χ0n) is 13.1. The minimum Gasteiger partial charge on any atom is -0.330 e. The summed E-state index contributed by atoms with van der Waals surface area (Å²) in [7, 11) is -3.05. The van der Waals surface area contributed by atoms with E-state index in [0.717, 1.165) is 0 Å². The Bertz CT molecular complexity index is 514. The molecule has 0 radical (unpaired) electrons. The van der Waals surface area contributed by atoms with Crippen molar-refractivity contribution in [3.63, 3.8) is 0 Å². The first-order valence-corrected chi connectivity index (χ1v) is 9.06. The van der Waals surface area contributed by atoms with Crippen LogP contribution in [0.5, 0.6) is 0 Å². The number of hydrogen-bond acceptors (Lipinski definition) is 4. The third-order valence-corrected chi connectivity index (χ3v) is 5.44. The summed E-state index contributed by atoms with van der Waals surface area (Å²) in [5, 5.41) is 0. The predicted molar refractivity (Wildman–Crippen MR) is 84.2 cm³/mol. The van der Waals surface area contributed by atoms with Gasteiger partial charge in [-0.15, -0.1) is 6.42 Å². The molecule has 120 valence electrons. The fourth-order valence-electron chi connectivity index (χ4n) is 2.75. The van der Waals surface area contributed by atoms with Crippen molar-refractivity contribution < 1.29 is 13.2 Å². The van der Waals surface area contributed by atoms with Crippen molar-refractivity contribution in [1.82, 2.24) is 4.90 Å². The molecule has 1 aliphatic heterocycles. The van der Waals surface area contributed by atoms with Crippen LogP contribution in [0.3, 0.4) is 0 Å². The summed E-state index contributed by atoms with van der Waals surface area (Å²) >= 11 is 0. The van der Waals surface area contributed by atoms with E-state index >= 15 is 0 Å². The molecule has 2 unspecified atom stereocenters. The third-order valence-electron chi connectivity index (χ3n) is 3.69. The third kappa shape index (κ3) is 5.33. The second-order valence-electron chi connectivity index (χ2n) is 6.92. The SMILES string of the molecule is C#CCN(C(=O)C(CN)CC(C)(C)C)C1CCS(=O)(=O)C1. The number of rotatable bonds is 5. The van der Waals surface area contributed by atoms with Crippen molar-refractivity contribution in [2.45, 2.75) is 39.7 Å². The molecule has 0 aromatic heterocycles. The van der Waals surface area contributed by atoms with Crippen molar-refractivity contribution in [3.05, 3.63) is 0 Å². The van der Waals surface area contributed by atoms with Gasteiger partial charge in [0.15, 0.2) is 9.84 Å². The fourth-order valence-corrected chi connectivity index (χ4v) is 4.48. The maximum atomic E-state index is 12.7. The maximum absolute atomic E-state index is 12.7. The topological polar surface area (TPSA) is 80.5 Å². The lowest BCUT2D eigenvalue weighted by atomic mass is 9.84. The van der Waals surface area contributed by atoms with Crippen molar-refractivity contribution in [1.29, 1.82) is 0 Å². The molecule has 2 N–H and O–H groups in total. The molecular formula is C15H26N2O3S. The zero-order chi connectivity index (χ0) is 16.3. The van der Waals surface area contributed by atoms with E-state index in [1.54, 1.807) is 0 Å². The highest BCUT2D eigenvalue weighted by Crippen LogP contribution is 2.27. The molecule has 1 amide bonds. The van der Waals surface area contributed by atoms with Crippen molar-refractivity contribution in [2.75, 3.05) is 24.6 Å². The quantitative estimate of drug-likeness (QED) is 0.755. The molecule has 1 heterocycles. The highest BCUT2D eigenvalue weighted by molar-refractivity contribution is 7.91. The molecule has 1 fully saturated rings. The van der Waals surface area contributed by atoms with Crippen LogP contribution < -0.4 is 5.73 Å². The summed E-state index contributed by atoms with van der Waals surface area (Å²) in [6.07, 6.45) is 6.46. The standard InChI is InChI=1S/C15H26N2O3S/c1-5-7-17(13-6-8-21(19,20)11-13)14(18)12(10-16)9-15(2,3)4/h1,12-13H,6-11,16H2,2-4H3. The molecule has 1 saturated heterocycles. The molecule has 0 saturated carbocycles. The molecular weight excluding hydrogens is 288 g/mol. The smallest absolute Gasteiger partial charge is 0.228 e. The molecule has 2 atom stereocenters. The first-order chi connectivity index (χ1) is 9.59. The number of terminal acetylenes is 1. The number of carbonyl (C=O) groups is 1. The minimum atomic E-state index is -3.05.